The molecule has 0 bridgehead atoms. The number of rotatable bonds is 5. The van der Waals surface area contributed by atoms with E-state index in [2.05, 4.69) is 50.8 Å². The number of H-pyrrole nitrogens is 1. The first-order valence-corrected chi connectivity index (χ1v) is 6.87. The lowest BCUT2D eigenvalue weighted by Crippen LogP contribution is -2.35. The van der Waals surface area contributed by atoms with E-state index in [9.17, 15) is 4.79 Å². The van der Waals surface area contributed by atoms with Gasteiger partial charge < -0.3 is 10.2 Å². The van der Waals surface area contributed by atoms with E-state index >= 15 is 0 Å². The number of nitrogens with zero attached hydrogens (tertiary/aromatic N) is 3. The quantitative estimate of drug-likeness (QED) is 0.873. The summed E-state index contributed by atoms with van der Waals surface area (Å²) in [4.78, 5) is 14.2. The third-order valence-electron chi connectivity index (χ3n) is 3.44. The van der Waals surface area contributed by atoms with E-state index in [1.807, 2.05) is 20.2 Å². The summed E-state index contributed by atoms with van der Waals surface area (Å²) in [5, 5.41) is 13.1. The van der Waals surface area contributed by atoms with Crippen molar-refractivity contribution in [1.29, 1.82) is 0 Å². The molecule has 2 rings (SSSR count). The molecule has 0 fully saturated rings. The van der Waals surface area contributed by atoms with Gasteiger partial charge in [-0.3, -0.25) is 4.79 Å². The van der Waals surface area contributed by atoms with Crippen LogP contribution in [0.4, 0.5) is 0 Å². The van der Waals surface area contributed by atoms with Crippen molar-refractivity contribution in [3.05, 3.63) is 46.8 Å². The standard InChI is InChI=1S/C15H21N5O/c1-10-6-5-7-12(8-10)13(20(3)4)9-16-15(21)14-11(2)17-19-18-14/h5-8,13H,9H2,1-4H3,(H,16,21)(H,17,18,19). The summed E-state index contributed by atoms with van der Waals surface area (Å²) in [6.07, 6.45) is 0. The smallest absolute Gasteiger partial charge is 0.273 e. The number of benzene rings is 1. The van der Waals surface area contributed by atoms with Gasteiger partial charge in [-0.1, -0.05) is 29.8 Å². The van der Waals surface area contributed by atoms with Gasteiger partial charge in [-0.05, 0) is 33.5 Å². The summed E-state index contributed by atoms with van der Waals surface area (Å²) < 4.78 is 0. The third kappa shape index (κ3) is 3.66. The molecule has 2 N–H and O–H groups in total. The molecule has 1 unspecified atom stereocenters. The van der Waals surface area contributed by atoms with E-state index in [1.54, 1.807) is 6.92 Å². The molecule has 2 aromatic rings. The summed E-state index contributed by atoms with van der Waals surface area (Å²) in [5.74, 6) is -0.208. The molecule has 1 atom stereocenters. The fourth-order valence-corrected chi connectivity index (χ4v) is 2.25. The van der Waals surface area contributed by atoms with E-state index in [1.165, 1.54) is 11.1 Å². The van der Waals surface area contributed by atoms with Gasteiger partial charge in [0, 0.05) is 6.54 Å². The number of aryl methyl sites for hydroxylation is 2. The van der Waals surface area contributed by atoms with Gasteiger partial charge in [0.2, 0.25) is 0 Å². The number of aromatic amines is 1. The van der Waals surface area contributed by atoms with E-state index in [4.69, 9.17) is 0 Å². The van der Waals surface area contributed by atoms with Gasteiger partial charge in [0.05, 0.1) is 11.7 Å². The van der Waals surface area contributed by atoms with Crippen LogP contribution in [0.5, 0.6) is 0 Å². The summed E-state index contributed by atoms with van der Waals surface area (Å²) in [6, 6.07) is 8.42. The van der Waals surface area contributed by atoms with Crippen LogP contribution in [0.3, 0.4) is 0 Å². The Bertz CT molecular complexity index is 620. The summed E-state index contributed by atoms with van der Waals surface area (Å²) in [5.41, 5.74) is 3.33. The maximum Gasteiger partial charge on any atom is 0.273 e. The lowest BCUT2D eigenvalue weighted by Gasteiger charge is -2.25. The van der Waals surface area contributed by atoms with Crippen molar-refractivity contribution in [2.24, 2.45) is 0 Å². The van der Waals surface area contributed by atoms with Gasteiger partial charge in [0.1, 0.15) is 0 Å². The summed E-state index contributed by atoms with van der Waals surface area (Å²) >= 11 is 0. The third-order valence-corrected chi connectivity index (χ3v) is 3.44. The van der Waals surface area contributed by atoms with Crippen LogP contribution in [0.25, 0.3) is 0 Å². The number of hydrogen-bond acceptors (Lipinski definition) is 4. The van der Waals surface area contributed by atoms with Gasteiger partial charge in [-0.15, -0.1) is 0 Å². The molecule has 0 radical (unpaired) electrons. The monoisotopic (exact) mass is 287 g/mol. The Labute approximate surface area is 124 Å². The lowest BCUT2D eigenvalue weighted by atomic mass is 10.0. The minimum Gasteiger partial charge on any atom is -0.349 e. The maximum atomic E-state index is 12.1. The van der Waals surface area contributed by atoms with Crippen LogP contribution in [-0.4, -0.2) is 46.9 Å². The van der Waals surface area contributed by atoms with Gasteiger partial charge in [-0.2, -0.15) is 15.4 Å². The molecular formula is C15H21N5O. The van der Waals surface area contributed by atoms with Crippen molar-refractivity contribution in [1.82, 2.24) is 25.6 Å². The molecule has 6 nitrogen and oxygen atoms in total. The van der Waals surface area contributed by atoms with Crippen LogP contribution < -0.4 is 5.32 Å². The average Bonchev–Trinajstić information content (AvgIpc) is 2.85. The highest BCUT2D eigenvalue weighted by atomic mass is 16.2. The molecule has 112 valence electrons. The number of carbonyl (C=O) groups excluding carboxylic acids is 1. The molecule has 1 heterocycles. The summed E-state index contributed by atoms with van der Waals surface area (Å²) in [7, 11) is 4.00. The molecule has 6 heteroatoms. The number of likely N-dealkylation sites (N-methyl/N-ethyl adjacent to an activating group) is 1. The van der Waals surface area contributed by atoms with E-state index in [-0.39, 0.29) is 11.9 Å². The second-order valence-corrected chi connectivity index (χ2v) is 5.36. The average molecular weight is 287 g/mol. The highest BCUT2D eigenvalue weighted by Crippen LogP contribution is 2.18. The Morgan fingerprint density at radius 1 is 1.33 bits per heavy atom. The summed E-state index contributed by atoms with van der Waals surface area (Å²) in [6.45, 7) is 4.33. The van der Waals surface area contributed by atoms with E-state index in [0.717, 1.165) is 0 Å². The van der Waals surface area contributed by atoms with Crippen LogP contribution in [0.2, 0.25) is 0 Å². The Morgan fingerprint density at radius 3 is 2.67 bits per heavy atom. The first-order chi connectivity index (χ1) is 9.99. The SMILES string of the molecule is Cc1cccc(C(CNC(=O)c2n[nH]nc2C)N(C)C)c1. The first kappa shape index (κ1) is 15.2. The molecule has 0 saturated heterocycles. The van der Waals surface area contributed by atoms with Crippen LogP contribution in [-0.2, 0) is 0 Å². The number of aromatic nitrogens is 3. The normalized spacial score (nSPS) is 12.4. The highest BCUT2D eigenvalue weighted by molar-refractivity contribution is 5.93. The maximum absolute atomic E-state index is 12.1. The molecular weight excluding hydrogens is 266 g/mol. The Morgan fingerprint density at radius 2 is 2.10 bits per heavy atom. The zero-order valence-corrected chi connectivity index (χ0v) is 12.8. The molecule has 0 spiro atoms. The molecule has 1 aromatic heterocycles. The predicted molar refractivity (Wildman–Crippen MR) is 81.1 cm³/mol. The van der Waals surface area contributed by atoms with Crippen LogP contribution in [0, 0.1) is 13.8 Å². The van der Waals surface area contributed by atoms with Crippen molar-refractivity contribution < 1.29 is 4.79 Å². The van der Waals surface area contributed by atoms with Crippen molar-refractivity contribution >= 4 is 5.91 Å². The van der Waals surface area contributed by atoms with Gasteiger partial charge >= 0.3 is 0 Å². The van der Waals surface area contributed by atoms with Crippen LogP contribution in [0.1, 0.15) is 33.4 Å². The van der Waals surface area contributed by atoms with Gasteiger partial charge in [0.25, 0.3) is 5.91 Å². The van der Waals surface area contributed by atoms with Crippen molar-refractivity contribution in [2.45, 2.75) is 19.9 Å². The van der Waals surface area contributed by atoms with Crippen molar-refractivity contribution in [2.75, 3.05) is 20.6 Å². The molecule has 0 aliphatic carbocycles. The second kappa shape index (κ2) is 6.49. The first-order valence-electron chi connectivity index (χ1n) is 6.87. The second-order valence-electron chi connectivity index (χ2n) is 5.36. The minimum atomic E-state index is -0.208. The molecule has 0 saturated carbocycles. The highest BCUT2D eigenvalue weighted by Gasteiger charge is 2.18. The molecule has 0 aliphatic heterocycles. The predicted octanol–water partition coefficient (Wildman–Crippen LogP) is 1.45. The molecule has 0 aliphatic rings. The lowest BCUT2D eigenvalue weighted by molar-refractivity contribution is 0.0936. The van der Waals surface area contributed by atoms with Crippen LogP contribution in [0.15, 0.2) is 24.3 Å². The molecule has 1 aromatic carbocycles. The van der Waals surface area contributed by atoms with Crippen molar-refractivity contribution in [3.8, 4) is 0 Å². The molecule has 1 amide bonds. The molecule has 21 heavy (non-hydrogen) atoms. The fourth-order valence-electron chi connectivity index (χ4n) is 2.25. The largest absolute Gasteiger partial charge is 0.349 e. The topological polar surface area (TPSA) is 73.9 Å². The Kier molecular flexibility index (Phi) is 4.70. The zero-order chi connectivity index (χ0) is 15.4. The minimum absolute atomic E-state index is 0.112. The van der Waals surface area contributed by atoms with Crippen molar-refractivity contribution in [3.63, 3.8) is 0 Å². The number of nitrogens with one attached hydrogen (secondary N) is 2. The van der Waals surface area contributed by atoms with E-state index < -0.39 is 0 Å². The van der Waals surface area contributed by atoms with Gasteiger partial charge in [-0.25, -0.2) is 0 Å². The zero-order valence-electron chi connectivity index (χ0n) is 12.8. The number of hydrogen-bond donors (Lipinski definition) is 2. The fraction of sp³-hybridized carbons (Fsp3) is 0.400. The Hall–Kier alpha value is -2.21. The number of carbonyl (C=O) groups is 1. The van der Waals surface area contributed by atoms with Gasteiger partial charge in [0.15, 0.2) is 5.69 Å². The Balaban J connectivity index is 2.08. The van der Waals surface area contributed by atoms with Crippen LogP contribution >= 0.6 is 0 Å². The number of amides is 1. The van der Waals surface area contributed by atoms with E-state index in [0.29, 0.717) is 17.9 Å².